The Morgan fingerprint density at radius 1 is 1.58 bits per heavy atom. The zero-order chi connectivity index (χ0) is 8.60. The first-order valence-corrected chi connectivity index (χ1v) is 3.67. The number of hydrogen-bond donors (Lipinski definition) is 1. The molecule has 0 aliphatic carbocycles. The average molecular weight is 167 g/mol. The number of nitrogens with two attached hydrogens (primary N) is 1. The zero-order valence-corrected chi connectivity index (χ0v) is 6.45. The highest BCUT2D eigenvalue weighted by molar-refractivity contribution is 5.87. The quantitative estimate of drug-likeness (QED) is 0.675. The Morgan fingerprint density at radius 3 is 2.67 bits per heavy atom. The van der Waals surface area contributed by atoms with Gasteiger partial charge in [0.2, 0.25) is 5.91 Å². The van der Waals surface area contributed by atoms with E-state index in [1.54, 1.807) is 12.1 Å². The van der Waals surface area contributed by atoms with Gasteiger partial charge in [-0.05, 0) is 12.1 Å². The van der Waals surface area contributed by atoms with E-state index in [0.717, 1.165) is 0 Å². The molecule has 0 radical (unpaired) electrons. The third kappa shape index (κ3) is 0.783. The Kier molecular flexibility index (Phi) is 1.44. The molecule has 0 bridgehead atoms. The zero-order valence-electron chi connectivity index (χ0n) is 6.45. The summed E-state index contributed by atoms with van der Waals surface area (Å²) in [7, 11) is 0. The Balaban J connectivity index is 2.35. The van der Waals surface area contributed by atoms with Crippen molar-refractivity contribution in [3.05, 3.63) is 24.2 Å². The molecule has 0 spiro atoms. The molecule has 64 valence electrons. The molecule has 4 nitrogen and oxygen atoms in total. The number of carbonyl (C=O) groups is 1. The van der Waals surface area contributed by atoms with E-state index < -0.39 is 5.41 Å². The van der Waals surface area contributed by atoms with E-state index in [4.69, 9.17) is 14.9 Å². The van der Waals surface area contributed by atoms with Gasteiger partial charge >= 0.3 is 0 Å². The first-order chi connectivity index (χ1) is 5.76. The van der Waals surface area contributed by atoms with E-state index in [-0.39, 0.29) is 5.91 Å². The second kappa shape index (κ2) is 2.35. The standard InChI is InChI=1S/C8H9NO3/c9-7(10)8(4-11-5-8)6-2-1-3-12-6/h1-3H,4-5H2,(H2,9,10). The minimum absolute atomic E-state index is 0.329. The van der Waals surface area contributed by atoms with E-state index in [1.165, 1.54) is 6.26 Å². The average Bonchev–Trinajstić information content (AvgIpc) is 2.35. The van der Waals surface area contributed by atoms with Crippen molar-refractivity contribution in [2.24, 2.45) is 5.73 Å². The minimum Gasteiger partial charge on any atom is -0.468 e. The summed E-state index contributed by atoms with van der Waals surface area (Å²) in [6.07, 6.45) is 1.53. The SMILES string of the molecule is NC(=O)C1(c2ccco2)COC1. The van der Waals surface area contributed by atoms with Crippen molar-refractivity contribution in [3.8, 4) is 0 Å². The molecule has 0 unspecified atom stereocenters. The lowest BCUT2D eigenvalue weighted by Gasteiger charge is -2.36. The van der Waals surface area contributed by atoms with E-state index in [1.807, 2.05) is 0 Å². The molecule has 1 aromatic rings. The molecule has 1 aromatic heterocycles. The molecule has 0 saturated carbocycles. The van der Waals surface area contributed by atoms with Crippen LogP contribution in [-0.4, -0.2) is 19.1 Å². The maximum absolute atomic E-state index is 11.1. The van der Waals surface area contributed by atoms with Gasteiger partial charge in [0.1, 0.15) is 5.76 Å². The van der Waals surface area contributed by atoms with Crippen LogP contribution in [0.15, 0.2) is 22.8 Å². The first kappa shape index (κ1) is 7.36. The number of primary amides is 1. The van der Waals surface area contributed by atoms with E-state index in [2.05, 4.69) is 0 Å². The summed E-state index contributed by atoms with van der Waals surface area (Å²) >= 11 is 0. The lowest BCUT2D eigenvalue weighted by Crippen LogP contribution is -2.55. The number of amides is 1. The molecule has 1 amide bonds. The predicted molar refractivity (Wildman–Crippen MR) is 40.4 cm³/mol. The summed E-state index contributed by atoms with van der Waals surface area (Å²) < 4.78 is 10.1. The molecule has 1 aliphatic rings. The third-order valence-electron chi connectivity index (χ3n) is 2.16. The number of ether oxygens (including phenoxy) is 1. The van der Waals surface area contributed by atoms with Crippen molar-refractivity contribution in [1.29, 1.82) is 0 Å². The van der Waals surface area contributed by atoms with Crippen molar-refractivity contribution >= 4 is 5.91 Å². The van der Waals surface area contributed by atoms with Crippen LogP contribution in [0.4, 0.5) is 0 Å². The van der Waals surface area contributed by atoms with Crippen molar-refractivity contribution < 1.29 is 13.9 Å². The van der Waals surface area contributed by atoms with Gasteiger partial charge in [0.05, 0.1) is 19.5 Å². The maximum atomic E-state index is 11.1. The van der Waals surface area contributed by atoms with Crippen LogP contribution in [-0.2, 0) is 14.9 Å². The van der Waals surface area contributed by atoms with Gasteiger partial charge in [0, 0.05) is 0 Å². The van der Waals surface area contributed by atoms with E-state index >= 15 is 0 Å². The molecule has 4 heteroatoms. The summed E-state index contributed by atoms with van der Waals surface area (Å²) in [6.45, 7) is 0.658. The van der Waals surface area contributed by atoms with Crippen LogP contribution in [0.5, 0.6) is 0 Å². The number of carbonyl (C=O) groups excluding carboxylic acids is 1. The lowest BCUT2D eigenvalue weighted by atomic mass is 9.82. The molecule has 1 fully saturated rings. The topological polar surface area (TPSA) is 65.5 Å². The van der Waals surface area contributed by atoms with Gasteiger partial charge in [0.25, 0.3) is 0 Å². The van der Waals surface area contributed by atoms with Crippen molar-refractivity contribution in [3.63, 3.8) is 0 Å². The monoisotopic (exact) mass is 167 g/mol. The highest BCUT2D eigenvalue weighted by atomic mass is 16.5. The van der Waals surface area contributed by atoms with Gasteiger partial charge in [-0.3, -0.25) is 4.79 Å². The fourth-order valence-corrected chi connectivity index (χ4v) is 1.26. The normalized spacial score (nSPS) is 20.0. The number of hydrogen-bond acceptors (Lipinski definition) is 3. The van der Waals surface area contributed by atoms with E-state index in [0.29, 0.717) is 19.0 Å². The second-order valence-corrected chi connectivity index (χ2v) is 2.92. The molecule has 1 aliphatic heterocycles. The molecule has 2 heterocycles. The van der Waals surface area contributed by atoms with Gasteiger partial charge in [-0.1, -0.05) is 0 Å². The Bertz CT molecular complexity index is 287. The molecule has 0 aromatic carbocycles. The molecule has 2 N–H and O–H groups in total. The fourth-order valence-electron chi connectivity index (χ4n) is 1.26. The second-order valence-electron chi connectivity index (χ2n) is 2.92. The first-order valence-electron chi connectivity index (χ1n) is 3.67. The van der Waals surface area contributed by atoms with Gasteiger partial charge in [-0.2, -0.15) is 0 Å². The third-order valence-corrected chi connectivity index (χ3v) is 2.16. The van der Waals surface area contributed by atoms with Crippen LogP contribution < -0.4 is 5.73 Å². The highest BCUT2D eigenvalue weighted by Gasteiger charge is 2.48. The fraction of sp³-hybridized carbons (Fsp3) is 0.375. The molecule has 12 heavy (non-hydrogen) atoms. The van der Waals surface area contributed by atoms with Crippen LogP contribution in [0.2, 0.25) is 0 Å². The number of rotatable bonds is 2. The van der Waals surface area contributed by atoms with Crippen molar-refractivity contribution in [2.75, 3.05) is 13.2 Å². The smallest absolute Gasteiger partial charge is 0.236 e. The van der Waals surface area contributed by atoms with Crippen LogP contribution in [0.25, 0.3) is 0 Å². The van der Waals surface area contributed by atoms with Crippen molar-refractivity contribution in [1.82, 2.24) is 0 Å². The molecule has 1 saturated heterocycles. The summed E-state index contributed by atoms with van der Waals surface area (Å²) in [5.41, 5.74) is 4.54. The largest absolute Gasteiger partial charge is 0.468 e. The van der Waals surface area contributed by atoms with Crippen LogP contribution in [0.1, 0.15) is 5.76 Å². The summed E-state index contributed by atoms with van der Waals surface area (Å²) in [4.78, 5) is 11.1. The molecular formula is C8H9NO3. The van der Waals surface area contributed by atoms with Crippen molar-refractivity contribution in [2.45, 2.75) is 5.41 Å². The van der Waals surface area contributed by atoms with Gasteiger partial charge in [0.15, 0.2) is 5.41 Å². The molecule has 0 atom stereocenters. The van der Waals surface area contributed by atoms with Crippen LogP contribution in [0, 0.1) is 0 Å². The lowest BCUT2D eigenvalue weighted by molar-refractivity contribution is -0.143. The Morgan fingerprint density at radius 2 is 2.33 bits per heavy atom. The van der Waals surface area contributed by atoms with Crippen LogP contribution in [0.3, 0.4) is 0 Å². The Hall–Kier alpha value is -1.29. The summed E-state index contributed by atoms with van der Waals surface area (Å²) in [5, 5.41) is 0. The number of furan rings is 1. The highest BCUT2D eigenvalue weighted by Crippen LogP contribution is 2.32. The summed E-state index contributed by atoms with van der Waals surface area (Å²) in [5.74, 6) is 0.213. The van der Waals surface area contributed by atoms with Crippen LogP contribution >= 0.6 is 0 Å². The minimum atomic E-state index is -0.705. The molecular weight excluding hydrogens is 158 g/mol. The van der Waals surface area contributed by atoms with Gasteiger partial charge in [-0.15, -0.1) is 0 Å². The van der Waals surface area contributed by atoms with Gasteiger partial charge in [-0.25, -0.2) is 0 Å². The Labute approximate surface area is 69.3 Å². The molecule has 2 rings (SSSR count). The van der Waals surface area contributed by atoms with E-state index in [9.17, 15) is 4.79 Å². The van der Waals surface area contributed by atoms with Gasteiger partial charge < -0.3 is 14.9 Å². The summed E-state index contributed by atoms with van der Waals surface area (Å²) in [6, 6.07) is 3.48. The predicted octanol–water partition coefficient (Wildman–Crippen LogP) is 0.0329. The maximum Gasteiger partial charge on any atom is 0.236 e.